The summed E-state index contributed by atoms with van der Waals surface area (Å²) in [6.07, 6.45) is 0.423. The van der Waals surface area contributed by atoms with E-state index < -0.39 is 11.6 Å². The number of amides is 1. The molecule has 0 saturated heterocycles. The van der Waals surface area contributed by atoms with Gasteiger partial charge in [-0.05, 0) is 29.8 Å². The van der Waals surface area contributed by atoms with Crippen LogP contribution in [0.2, 0.25) is 0 Å². The second-order valence-corrected chi connectivity index (χ2v) is 5.52. The van der Waals surface area contributed by atoms with E-state index in [2.05, 4.69) is 5.10 Å². The van der Waals surface area contributed by atoms with Gasteiger partial charge in [0.1, 0.15) is 18.1 Å². The lowest BCUT2D eigenvalue weighted by Crippen LogP contribution is -2.30. The van der Waals surface area contributed by atoms with Crippen molar-refractivity contribution in [2.24, 2.45) is 5.73 Å². The smallest absolute Gasteiger partial charge is 0.351 e. The van der Waals surface area contributed by atoms with Crippen molar-refractivity contribution in [2.75, 3.05) is 7.11 Å². The Morgan fingerprint density at radius 1 is 1.12 bits per heavy atom. The molecule has 0 unspecified atom stereocenters. The molecule has 0 atom stereocenters. The van der Waals surface area contributed by atoms with E-state index in [0.717, 1.165) is 5.56 Å². The van der Waals surface area contributed by atoms with Gasteiger partial charge in [-0.15, -0.1) is 5.10 Å². The highest BCUT2D eigenvalue weighted by molar-refractivity contribution is 5.73. The molecular weight excluding hydrogens is 320 g/mol. The van der Waals surface area contributed by atoms with Gasteiger partial charge in [-0.25, -0.2) is 4.79 Å². The van der Waals surface area contributed by atoms with E-state index in [1.54, 1.807) is 31.4 Å². The Morgan fingerprint density at radius 2 is 1.80 bits per heavy atom. The summed E-state index contributed by atoms with van der Waals surface area (Å²) >= 11 is 0. The van der Waals surface area contributed by atoms with Crippen molar-refractivity contribution in [2.45, 2.75) is 13.0 Å². The number of ether oxygens (including phenoxy) is 1. The third kappa shape index (κ3) is 3.60. The van der Waals surface area contributed by atoms with Crippen LogP contribution in [0.3, 0.4) is 0 Å². The van der Waals surface area contributed by atoms with Crippen LogP contribution < -0.4 is 16.2 Å². The second kappa shape index (κ2) is 7.04. The average Bonchev–Trinajstić information content (AvgIpc) is 2.92. The van der Waals surface area contributed by atoms with Crippen molar-refractivity contribution >= 4 is 5.91 Å². The van der Waals surface area contributed by atoms with Crippen molar-refractivity contribution < 1.29 is 9.53 Å². The second-order valence-electron chi connectivity index (χ2n) is 5.52. The Bertz CT molecular complexity index is 927. The summed E-state index contributed by atoms with van der Waals surface area (Å²) in [7, 11) is 1.57. The predicted octanol–water partition coefficient (Wildman–Crippen LogP) is 1.12. The van der Waals surface area contributed by atoms with Gasteiger partial charge in [0, 0.05) is 6.42 Å². The molecule has 0 aliphatic carbocycles. The summed E-state index contributed by atoms with van der Waals surface area (Å²) in [6.45, 7) is -0.211. The molecule has 7 nitrogen and oxygen atoms in total. The third-order valence-corrected chi connectivity index (χ3v) is 3.78. The quantitative estimate of drug-likeness (QED) is 0.729. The minimum atomic E-state index is -0.592. The van der Waals surface area contributed by atoms with Crippen LogP contribution in [0.25, 0.3) is 5.69 Å². The molecule has 2 N–H and O–H groups in total. The molecule has 2 aromatic carbocycles. The van der Waals surface area contributed by atoms with Gasteiger partial charge in [-0.1, -0.05) is 30.3 Å². The zero-order valence-electron chi connectivity index (χ0n) is 13.8. The number of rotatable bonds is 6. The van der Waals surface area contributed by atoms with Crippen molar-refractivity contribution in [1.29, 1.82) is 0 Å². The van der Waals surface area contributed by atoms with Crippen LogP contribution >= 0.6 is 0 Å². The van der Waals surface area contributed by atoms with E-state index in [4.69, 9.17) is 10.5 Å². The van der Waals surface area contributed by atoms with Crippen molar-refractivity contribution in [1.82, 2.24) is 14.3 Å². The van der Waals surface area contributed by atoms with Gasteiger partial charge in [0.15, 0.2) is 0 Å². The minimum absolute atomic E-state index is 0.211. The molecule has 0 aliphatic rings. The first-order valence-electron chi connectivity index (χ1n) is 7.74. The van der Waals surface area contributed by atoms with Gasteiger partial charge in [0.25, 0.3) is 0 Å². The van der Waals surface area contributed by atoms with E-state index in [0.29, 0.717) is 23.7 Å². The lowest BCUT2D eigenvalue weighted by atomic mass is 10.1. The van der Waals surface area contributed by atoms with Gasteiger partial charge in [-0.2, -0.15) is 4.68 Å². The lowest BCUT2D eigenvalue weighted by molar-refractivity contribution is -0.118. The molecule has 0 spiro atoms. The van der Waals surface area contributed by atoms with Gasteiger partial charge >= 0.3 is 5.69 Å². The van der Waals surface area contributed by atoms with Crippen LogP contribution in [0, 0.1) is 0 Å². The Balaban J connectivity index is 2.04. The maximum atomic E-state index is 12.7. The molecule has 0 fully saturated rings. The monoisotopic (exact) mass is 338 g/mol. The Morgan fingerprint density at radius 3 is 2.40 bits per heavy atom. The summed E-state index contributed by atoms with van der Waals surface area (Å²) in [5.74, 6) is 0.564. The molecule has 25 heavy (non-hydrogen) atoms. The van der Waals surface area contributed by atoms with Gasteiger partial charge in [0.05, 0.1) is 12.8 Å². The molecule has 1 aromatic heterocycles. The van der Waals surface area contributed by atoms with E-state index in [9.17, 15) is 9.59 Å². The van der Waals surface area contributed by atoms with Gasteiger partial charge < -0.3 is 10.5 Å². The fourth-order valence-electron chi connectivity index (χ4n) is 2.55. The predicted molar refractivity (Wildman–Crippen MR) is 92.8 cm³/mol. The van der Waals surface area contributed by atoms with Crippen LogP contribution in [-0.4, -0.2) is 27.4 Å². The minimum Gasteiger partial charge on any atom is -0.497 e. The topological polar surface area (TPSA) is 92.1 Å². The van der Waals surface area contributed by atoms with Crippen LogP contribution in [0.4, 0.5) is 0 Å². The molecule has 3 aromatic rings. The van der Waals surface area contributed by atoms with Crippen LogP contribution in [0.15, 0.2) is 59.4 Å². The molecule has 3 rings (SSSR count). The van der Waals surface area contributed by atoms with Crippen LogP contribution in [0.1, 0.15) is 11.4 Å². The molecule has 0 saturated carbocycles. The summed E-state index contributed by atoms with van der Waals surface area (Å²) in [5, 5.41) is 4.40. The fourth-order valence-corrected chi connectivity index (χ4v) is 2.55. The SMILES string of the molecule is COc1ccc(-n2nc(Cc3ccccc3)n(CC(N)=O)c2=O)cc1. The average molecular weight is 338 g/mol. The van der Waals surface area contributed by atoms with E-state index >= 15 is 0 Å². The number of primary amides is 1. The Hall–Kier alpha value is -3.35. The molecule has 0 bridgehead atoms. The highest BCUT2D eigenvalue weighted by Crippen LogP contribution is 2.14. The molecule has 0 aliphatic heterocycles. The number of hydrogen-bond donors (Lipinski definition) is 1. The number of nitrogens with zero attached hydrogens (tertiary/aromatic N) is 3. The zero-order chi connectivity index (χ0) is 17.8. The molecule has 7 heteroatoms. The summed E-state index contributed by atoms with van der Waals surface area (Å²) in [6, 6.07) is 16.5. The lowest BCUT2D eigenvalue weighted by Gasteiger charge is -2.02. The molecule has 1 amide bonds. The Labute approximate surface area is 144 Å². The number of nitrogens with two attached hydrogens (primary N) is 1. The van der Waals surface area contributed by atoms with Crippen molar-refractivity contribution in [3.05, 3.63) is 76.5 Å². The number of carbonyl (C=O) groups excluding carboxylic acids is 1. The van der Waals surface area contributed by atoms with Crippen molar-refractivity contribution in [3.8, 4) is 11.4 Å². The largest absolute Gasteiger partial charge is 0.497 e. The number of hydrogen-bond acceptors (Lipinski definition) is 4. The molecule has 128 valence electrons. The number of benzene rings is 2. The third-order valence-electron chi connectivity index (χ3n) is 3.78. The van der Waals surface area contributed by atoms with E-state index in [-0.39, 0.29) is 6.54 Å². The van der Waals surface area contributed by atoms with E-state index in [1.165, 1.54) is 9.25 Å². The zero-order valence-corrected chi connectivity index (χ0v) is 13.8. The highest BCUT2D eigenvalue weighted by Gasteiger charge is 2.16. The van der Waals surface area contributed by atoms with Crippen molar-refractivity contribution in [3.63, 3.8) is 0 Å². The van der Waals surface area contributed by atoms with Gasteiger partial charge in [0.2, 0.25) is 5.91 Å². The molecular formula is C18H18N4O3. The summed E-state index contributed by atoms with van der Waals surface area (Å²) < 4.78 is 7.69. The van der Waals surface area contributed by atoms with Gasteiger partial charge in [-0.3, -0.25) is 9.36 Å². The molecule has 0 radical (unpaired) electrons. The maximum absolute atomic E-state index is 12.7. The first-order valence-corrected chi connectivity index (χ1v) is 7.74. The fraction of sp³-hybridized carbons (Fsp3) is 0.167. The maximum Gasteiger partial charge on any atom is 0.351 e. The van der Waals surface area contributed by atoms with Crippen LogP contribution in [0.5, 0.6) is 5.75 Å². The number of methoxy groups -OCH3 is 1. The number of aromatic nitrogens is 3. The van der Waals surface area contributed by atoms with E-state index in [1.807, 2.05) is 30.3 Å². The normalized spacial score (nSPS) is 10.6. The highest BCUT2D eigenvalue weighted by atomic mass is 16.5. The standard InChI is InChI=1S/C18H18N4O3/c1-25-15-9-7-14(8-10-15)22-18(24)21(12-16(19)23)17(20-22)11-13-5-3-2-4-6-13/h2-10H,11-12H2,1H3,(H2,19,23). The number of carbonyl (C=O) groups is 1. The summed E-state index contributed by atoms with van der Waals surface area (Å²) in [4.78, 5) is 24.1. The first kappa shape index (κ1) is 16.5. The molecule has 1 heterocycles. The Kier molecular flexibility index (Phi) is 4.65. The summed E-state index contributed by atoms with van der Waals surface area (Å²) in [5.41, 5.74) is 6.45. The van der Waals surface area contributed by atoms with Crippen LogP contribution in [-0.2, 0) is 17.8 Å². The first-order chi connectivity index (χ1) is 12.1.